The van der Waals surface area contributed by atoms with Crippen LogP contribution in [0.5, 0.6) is 0 Å². The minimum atomic E-state index is -1.82. The summed E-state index contributed by atoms with van der Waals surface area (Å²) in [5.41, 5.74) is 2.17. The van der Waals surface area contributed by atoms with Gasteiger partial charge in [-0.25, -0.2) is 14.4 Å². The van der Waals surface area contributed by atoms with Crippen LogP contribution in [-0.4, -0.2) is 53.2 Å². The van der Waals surface area contributed by atoms with Crippen LogP contribution in [0.3, 0.4) is 0 Å². The van der Waals surface area contributed by atoms with E-state index >= 15 is 0 Å². The van der Waals surface area contributed by atoms with E-state index in [9.17, 15) is 9.59 Å². The summed E-state index contributed by atoms with van der Waals surface area (Å²) < 4.78 is 5.22. The number of esters is 1. The average molecular weight is 451 g/mol. The number of rotatable bonds is 7. The molecule has 4 N–H and O–H groups in total. The first-order valence-corrected chi connectivity index (χ1v) is 10.2. The molecule has 2 aromatic rings. The maximum Gasteiger partial charge on any atom is 0.414 e. The monoisotopic (exact) mass is 450 g/mol. The first-order chi connectivity index (χ1) is 14.6. The molecule has 31 heavy (non-hydrogen) atoms. The van der Waals surface area contributed by atoms with Crippen molar-refractivity contribution >= 4 is 40.2 Å². The summed E-state index contributed by atoms with van der Waals surface area (Å²) in [5.74, 6) is -4.25. The highest BCUT2D eigenvalue weighted by Gasteiger charge is 2.25. The van der Waals surface area contributed by atoms with Crippen LogP contribution in [0.15, 0.2) is 30.3 Å². The van der Waals surface area contributed by atoms with Crippen molar-refractivity contribution in [1.82, 2.24) is 5.32 Å². The van der Waals surface area contributed by atoms with E-state index in [0.29, 0.717) is 10.6 Å². The number of carbonyl (C=O) groups is 4. The lowest BCUT2D eigenvalue weighted by Crippen LogP contribution is -2.32. The second-order valence-corrected chi connectivity index (χ2v) is 7.74. The highest BCUT2D eigenvalue weighted by Crippen LogP contribution is 2.40. The second kappa shape index (κ2) is 12.5. The van der Waals surface area contributed by atoms with E-state index in [1.807, 2.05) is 51.1 Å². The van der Waals surface area contributed by atoms with Gasteiger partial charge in [-0.2, -0.15) is 0 Å². The molecule has 2 rings (SSSR count). The van der Waals surface area contributed by atoms with E-state index in [1.54, 1.807) is 6.92 Å². The molecule has 168 valence electrons. The fourth-order valence-electron chi connectivity index (χ4n) is 2.45. The average Bonchev–Trinajstić information content (AvgIpc) is 3.03. The number of carboxylic acid groups (broad SMARTS) is 2. The number of aliphatic carboxylic acids is 2. The van der Waals surface area contributed by atoms with Gasteiger partial charge in [0.05, 0.1) is 13.2 Å². The fourth-order valence-corrected chi connectivity index (χ4v) is 3.53. The summed E-state index contributed by atoms with van der Waals surface area (Å²) in [6.07, 6.45) is 0. The number of thiophene rings is 1. The summed E-state index contributed by atoms with van der Waals surface area (Å²) >= 11 is 1.39. The number of ether oxygens (including phenoxy) is 1. The molecule has 0 saturated heterocycles. The molecule has 1 amide bonds. The lowest BCUT2D eigenvalue weighted by Gasteiger charge is -2.10. The number of nitrogens with one attached hydrogen (secondary N) is 2. The van der Waals surface area contributed by atoms with Crippen LogP contribution in [0.1, 0.15) is 36.0 Å². The normalized spacial score (nSPS) is 10.1. The molecule has 0 aliphatic heterocycles. The Labute approximate surface area is 184 Å². The predicted molar refractivity (Wildman–Crippen MR) is 117 cm³/mol. The molecule has 1 heterocycles. The van der Waals surface area contributed by atoms with Gasteiger partial charge < -0.3 is 25.6 Å². The topological polar surface area (TPSA) is 142 Å². The van der Waals surface area contributed by atoms with E-state index in [2.05, 4.69) is 10.6 Å². The number of carboxylic acids is 2. The van der Waals surface area contributed by atoms with Crippen molar-refractivity contribution in [2.75, 3.05) is 18.5 Å². The molecular weight excluding hydrogens is 424 g/mol. The van der Waals surface area contributed by atoms with Crippen LogP contribution >= 0.6 is 11.3 Å². The van der Waals surface area contributed by atoms with Crippen molar-refractivity contribution in [3.8, 4) is 11.1 Å². The molecule has 0 saturated carbocycles. The van der Waals surface area contributed by atoms with Gasteiger partial charge in [0.1, 0.15) is 10.6 Å². The Hall–Kier alpha value is -3.24. The number of carbonyl (C=O) groups excluding carboxylic acids is 2. The molecule has 0 bridgehead atoms. The zero-order valence-corrected chi connectivity index (χ0v) is 18.5. The molecule has 1 aromatic heterocycles. The van der Waals surface area contributed by atoms with Crippen LogP contribution in [0.4, 0.5) is 5.00 Å². The molecule has 0 aliphatic carbocycles. The highest BCUT2D eigenvalue weighted by molar-refractivity contribution is 7.17. The smallest absolute Gasteiger partial charge is 0.414 e. The number of aryl methyl sites for hydroxylation is 1. The third kappa shape index (κ3) is 8.19. The SMILES string of the molecule is CCOC(=O)c1c(NC(=O)CNC(C)C)sc(C)c1-c1ccccc1.O=C(O)C(=O)O. The Kier molecular flexibility index (Phi) is 10.4. The van der Waals surface area contributed by atoms with Crippen LogP contribution < -0.4 is 10.6 Å². The molecule has 0 radical (unpaired) electrons. The van der Waals surface area contributed by atoms with Gasteiger partial charge in [0.25, 0.3) is 0 Å². The van der Waals surface area contributed by atoms with Crippen LogP contribution in [0, 0.1) is 6.92 Å². The largest absolute Gasteiger partial charge is 0.473 e. The summed E-state index contributed by atoms with van der Waals surface area (Å²) in [5, 5.41) is 21.2. The van der Waals surface area contributed by atoms with Gasteiger partial charge in [0.2, 0.25) is 5.91 Å². The molecule has 9 nitrogen and oxygen atoms in total. The van der Waals surface area contributed by atoms with Gasteiger partial charge in [0, 0.05) is 16.5 Å². The van der Waals surface area contributed by atoms with Crippen molar-refractivity contribution in [2.45, 2.75) is 33.7 Å². The summed E-state index contributed by atoms with van der Waals surface area (Å²) in [4.78, 5) is 43.9. The lowest BCUT2D eigenvalue weighted by atomic mass is 10.0. The lowest BCUT2D eigenvalue weighted by molar-refractivity contribution is -0.159. The highest BCUT2D eigenvalue weighted by atomic mass is 32.1. The maximum absolute atomic E-state index is 12.5. The molecule has 10 heteroatoms. The Morgan fingerprint density at radius 3 is 2.13 bits per heavy atom. The van der Waals surface area contributed by atoms with Gasteiger partial charge in [-0.15, -0.1) is 11.3 Å². The second-order valence-electron chi connectivity index (χ2n) is 6.52. The third-order valence-electron chi connectivity index (χ3n) is 3.73. The van der Waals surface area contributed by atoms with Crippen molar-refractivity contribution in [3.63, 3.8) is 0 Å². The van der Waals surface area contributed by atoms with E-state index in [-0.39, 0.29) is 25.1 Å². The van der Waals surface area contributed by atoms with Crippen molar-refractivity contribution in [2.24, 2.45) is 0 Å². The van der Waals surface area contributed by atoms with Crippen molar-refractivity contribution in [1.29, 1.82) is 0 Å². The third-order valence-corrected chi connectivity index (χ3v) is 4.75. The maximum atomic E-state index is 12.5. The van der Waals surface area contributed by atoms with Gasteiger partial charge in [-0.3, -0.25) is 4.79 Å². The molecular formula is C21H26N2O7S. The van der Waals surface area contributed by atoms with E-state index in [0.717, 1.165) is 16.0 Å². The first-order valence-electron chi connectivity index (χ1n) is 9.43. The Morgan fingerprint density at radius 2 is 1.65 bits per heavy atom. The van der Waals surface area contributed by atoms with Gasteiger partial charge in [-0.1, -0.05) is 44.2 Å². The van der Waals surface area contributed by atoms with Crippen LogP contribution in [0.25, 0.3) is 11.1 Å². The number of amides is 1. The molecule has 1 aromatic carbocycles. The van der Waals surface area contributed by atoms with Crippen LogP contribution in [0.2, 0.25) is 0 Å². The zero-order valence-electron chi connectivity index (χ0n) is 17.7. The first kappa shape index (κ1) is 25.8. The number of anilines is 1. The minimum Gasteiger partial charge on any atom is -0.473 e. The quantitative estimate of drug-likeness (QED) is 0.372. The number of hydrogen-bond donors (Lipinski definition) is 4. The molecule has 0 unspecified atom stereocenters. The Morgan fingerprint density at radius 1 is 1.06 bits per heavy atom. The van der Waals surface area contributed by atoms with Crippen molar-refractivity contribution in [3.05, 3.63) is 40.8 Å². The standard InChI is InChI=1S/C19H24N2O3S.C2H2O4/c1-5-24-19(23)17-16(14-9-7-6-8-10-14)13(4)25-18(17)21-15(22)11-20-12(2)3;3-1(4)2(5)6/h6-10,12,20H,5,11H2,1-4H3,(H,21,22);(H,3,4)(H,5,6). The van der Waals surface area contributed by atoms with E-state index in [4.69, 9.17) is 24.5 Å². The summed E-state index contributed by atoms with van der Waals surface area (Å²) in [6, 6.07) is 9.88. The molecule has 0 spiro atoms. The van der Waals surface area contributed by atoms with Gasteiger partial charge in [0.15, 0.2) is 0 Å². The predicted octanol–water partition coefficient (Wildman–Crippen LogP) is 2.99. The van der Waals surface area contributed by atoms with E-state index in [1.165, 1.54) is 11.3 Å². The van der Waals surface area contributed by atoms with Gasteiger partial charge in [-0.05, 0) is 19.4 Å². The van der Waals surface area contributed by atoms with Crippen molar-refractivity contribution < 1.29 is 34.1 Å². The van der Waals surface area contributed by atoms with E-state index < -0.39 is 17.9 Å². The zero-order chi connectivity index (χ0) is 23.6. The minimum absolute atomic E-state index is 0.180. The molecule has 0 fully saturated rings. The Bertz CT molecular complexity index is 911. The van der Waals surface area contributed by atoms with Gasteiger partial charge >= 0.3 is 17.9 Å². The summed E-state index contributed by atoms with van der Waals surface area (Å²) in [7, 11) is 0. The van der Waals surface area contributed by atoms with Crippen LogP contribution in [-0.2, 0) is 19.1 Å². The number of benzene rings is 1. The Balaban J connectivity index is 0.000000703. The molecule has 0 atom stereocenters. The fraction of sp³-hybridized carbons (Fsp3) is 0.333. The summed E-state index contributed by atoms with van der Waals surface area (Å²) in [6.45, 7) is 8.13. The molecule has 0 aliphatic rings. The number of hydrogen-bond acceptors (Lipinski definition) is 7.